The number of aliphatic imine (C=N–C) groups is 1. The molecule has 0 atom stereocenters. The highest BCUT2D eigenvalue weighted by Crippen LogP contribution is 2.40. The van der Waals surface area contributed by atoms with Crippen LogP contribution in [0.25, 0.3) is 16.8 Å². The Morgan fingerprint density at radius 1 is 1.07 bits per heavy atom. The van der Waals surface area contributed by atoms with Crippen molar-refractivity contribution in [3.05, 3.63) is 105 Å². The van der Waals surface area contributed by atoms with Crippen LogP contribution in [0, 0.1) is 0 Å². The molecule has 1 fully saturated rings. The summed E-state index contributed by atoms with van der Waals surface area (Å²) in [5, 5.41) is 12.1. The first-order chi connectivity index (χ1) is 19.4. The van der Waals surface area contributed by atoms with Crippen molar-refractivity contribution in [1.82, 2.24) is 4.90 Å². The summed E-state index contributed by atoms with van der Waals surface area (Å²) in [6.45, 7) is 2.65. The molecule has 1 N–H and O–H groups in total. The molecule has 1 amide bonds. The summed E-state index contributed by atoms with van der Waals surface area (Å²) in [5.74, 6) is -0.108. The zero-order chi connectivity index (χ0) is 28.2. The molecule has 0 saturated carbocycles. The van der Waals surface area contributed by atoms with Crippen LogP contribution in [-0.2, 0) is 11.4 Å². The molecule has 1 saturated heterocycles. The summed E-state index contributed by atoms with van der Waals surface area (Å²) in [6.07, 6.45) is 1.79. The quantitative estimate of drug-likeness (QED) is 0.206. The average Bonchev–Trinajstić information content (AvgIpc) is 3.25. The second kappa shape index (κ2) is 12.0. The standard InChI is InChI=1S/C31H25BrN2O5S/c1-3-34-29(35)27(40-31(34)33-23-12-7-10-21(17-23)30(36)37)16-19-14-25(32)28(26(15-19)38-2)39-18-22-11-6-9-20-8-4-5-13-24(20)22/h4-17H,3,18H2,1-2H3,(H,36,37). The Balaban J connectivity index is 1.41. The highest BCUT2D eigenvalue weighted by molar-refractivity contribution is 9.10. The lowest BCUT2D eigenvalue weighted by molar-refractivity contribution is -0.122. The van der Waals surface area contributed by atoms with Gasteiger partial charge in [-0.2, -0.15) is 0 Å². The molecule has 1 heterocycles. The van der Waals surface area contributed by atoms with Gasteiger partial charge in [-0.25, -0.2) is 9.79 Å². The number of carboxylic acids is 1. The Bertz CT molecular complexity index is 1680. The van der Waals surface area contributed by atoms with Crippen LogP contribution in [0.4, 0.5) is 5.69 Å². The first kappa shape index (κ1) is 27.5. The van der Waals surface area contributed by atoms with Crippen molar-refractivity contribution >= 4 is 67.3 Å². The minimum Gasteiger partial charge on any atom is -0.493 e. The summed E-state index contributed by atoms with van der Waals surface area (Å²) in [7, 11) is 1.58. The SMILES string of the molecule is CCN1C(=O)C(=Cc2cc(Br)c(OCc3cccc4ccccc34)c(OC)c2)SC1=Nc1cccc(C(=O)O)c1. The summed E-state index contributed by atoms with van der Waals surface area (Å²) in [6, 6.07) is 24.3. The summed E-state index contributed by atoms with van der Waals surface area (Å²) in [5.41, 5.74) is 2.41. The molecule has 0 aliphatic carbocycles. The number of carbonyl (C=O) groups excluding carboxylic acids is 1. The second-order valence-corrected chi connectivity index (χ2v) is 10.7. The molecule has 0 radical (unpaired) electrons. The molecule has 0 spiro atoms. The number of rotatable bonds is 8. The molecule has 0 unspecified atom stereocenters. The molecule has 202 valence electrons. The zero-order valence-corrected chi connectivity index (χ0v) is 24.2. The maximum absolute atomic E-state index is 13.2. The number of nitrogens with zero attached hydrogens (tertiary/aromatic N) is 2. The fourth-order valence-electron chi connectivity index (χ4n) is 4.37. The van der Waals surface area contributed by atoms with Crippen LogP contribution in [0.2, 0.25) is 0 Å². The summed E-state index contributed by atoms with van der Waals surface area (Å²) < 4.78 is 12.6. The number of hydrogen-bond acceptors (Lipinski definition) is 6. The molecule has 0 aromatic heterocycles. The average molecular weight is 618 g/mol. The first-order valence-electron chi connectivity index (χ1n) is 12.5. The summed E-state index contributed by atoms with van der Waals surface area (Å²) >= 11 is 4.86. The van der Waals surface area contributed by atoms with E-state index in [1.54, 1.807) is 30.2 Å². The molecular weight excluding hydrogens is 592 g/mol. The van der Waals surface area contributed by atoms with E-state index in [0.717, 1.165) is 21.9 Å². The third-order valence-electron chi connectivity index (χ3n) is 6.32. The van der Waals surface area contributed by atoms with Crippen molar-refractivity contribution in [3.63, 3.8) is 0 Å². The third kappa shape index (κ3) is 5.76. The number of halogens is 1. The number of fused-ring (bicyclic) bond motifs is 1. The molecule has 5 rings (SSSR count). The monoisotopic (exact) mass is 616 g/mol. The van der Waals surface area contributed by atoms with Crippen LogP contribution in [0.3, 0.4) is 0 Å². The van der Waals surface area contributed by atoms with Crippen LogP contribution in [0.5, 0.6) is 11.5 Å². The number of hydrogen-bond donors (Lipinski definition) is 1. The van der Waals surface area contributed by atoms with E-state index in [1.807, 2.05) is 43.3 Å². The fraction of sp³-hybridized carbons (Fsp3) is 0.129. The number of ether oxygens (including phenoxy) is 2. The highest BCUT2D eigenvalue weighted by atomic mass is 79.9. The minimum absolute atomic E-state index is 0.134. The lowest BCUT2D eigenvalue weighted by Crippen LogP contribution is -2.28. The number of amidine groups is 1. The maximum atomic E-state index is 13.2. The normalized spacial score (nSPS) is 15.3. The van der Waals surface area contributed by atoms with E-state index < -0.39 is 5.97 Å². The Labute approximate surface area is 244 Å². The van der Waals surface area contributed by atoms with Gasteiger partial charge in [0, 0.05) is 6.54 Å². The van der Waals surface area contributed by atoms with Crippen molar-refractivity contribution in [2.45, 2.75) is 13.5 Å². The first-order valence-corrected chi connectivity index (χ1v) is 14.1. The molecule has 4 aromatic rings. The number of amides is 1. The largest absolute Gasteiger partial charge is 0.493 e. The van der Waals surface area contributed by atoms with Gasteiger partial charge in [-0.1, -0.05) is 48.5 Å². The number of methoxy groups -OCH3 is 1. The number of aromatic carboxylic acids is 1. The fourth-order valence-corrected chi connectivity index (χ4v) is 6.01. The highest BCUT2D eigenvalue weighted by Gasteiger charge is 2.32. The molecule has 7 nitrogen and oxygen atoms in total. The number of carbonyl (C=O) groups is 2. The number of benzene rings is 4. The van der Waals surface area contributed by atoms with Gasteiger partial charge >= 0.3 is 5.97 Å². The molecular formula is C31H25BrN2O5S. The van der Waals surface area contributed by atoms with Crippen LogP contribution in [-0.4, -0.2) is 40.7 Å². The zero-order valence-electron chi connectivity index (χ0n) is 21.8. The molecule has 9 heteroatoms. The summed E-state index contributed by atoms with van der Waals surface area (Å²) in [4.78, 5) is 31.1. The molecule has 1 aliphatic heterocycles. The van der Waals surface area contributed by atoms with Crippen molar-refractivity contribution in [1.29, 1.82) is 0 Å². The Kier molecular flexibility index (Phi) is 8.23. The van der Waals surface area contributed by atoms with E-state index in [1.165, 1.54) is 23.9 Å². The van der Waals surface area contributed by atoms with Gasteiger partial charge in [-0.05, 0) is 92.9 Å². The number of carboxylic acid groups (broad SMARTS) is 1. The lowest BCUT2D eigenvalue weighted by Gasteiger charge is -2.15. The van der Waals surface area contributed by atoms with Gasteiger partial charge in [0.25, 0.3) is 5.91 Å². The smallest absolute Gasteiger partial charge is 0.335 e. The van der Waals surface area contributed by atoms with Gasteiger partial charge < -0.3 is 14.6 Å². The van der Waals surface area contributed by atoms with Crippen LogP contribution < -0.4 is 9.47 Å². The van der Waals surface area contributed by atoms with Gasteiger partial charge in [0.1, 0.15) is 6.61 Å². The van der Waals surface area contributed by atoms with E-state index in [2.05, 4.69) is 39.1 Å². The predicted octanol–water partition coefficient (Wildman–Crippen LogP) is 7.51. The van der Waals surface area contributed by atoms with Crippen LogP contribution in [0.1, 0.15) is 28.4 Å². The van der Waals surface area contributed by atoms with Gasteiger partial charge in [0.2, 0.25) is 0 Å². The molecule has 40 heavy (non-hydrogen) atoms. The van der Waals surface area contributed by atoms with Gasteiger partial charge in [0.05, 0.1) is 27.7 Å². The molecule has 0 bridgehead atoms. The second-order valence-electron chi connectivity index (χ2n) is 8.87. The van der Waals surface area contributed by atoms with Gasteiger partial charge in [-0.3, -0.25) is 9.69 Å². The van der Waals surface area contributed by atoms with Crippen molar-refractivity contribution in [3.8, 4) is 11.5 Å². The van der Waals surface area contributed by atoms with Gasteiger partial charge in [0.15, 0.2) is 16.7 Å². The van der Waals surface area contributed by atoms with Crippen molar-refractivity contribution in [2.75, 3.05) is 13.7 Å². The maximum Gasteiger partial charge on any atom is 0.335 e. The topological polar surface area (TPSA) is 88.4 Å². The van der Waals surface area contributed by atoms with Gasteiger partial charge in [-0.15, -0.1) is 0 Å². The third-order valence-corrected chi connectivity index (χ3v) is 7.92. The van der Waals surface area contributed by atoms with E-state index >= 15 is 0 Å². The van der Waals surface area contributed by atoms with Crippen LogP contribution in [0.15, 0.2) is 93.2 Å². The van der Waals surface area contributed by atoms with Crippen LogP contribution >= 0.6 is 27.7 Å². The van der Waals surface area contributed by atoms with Crippen molar-refractivity contribution < 1.29 is 24.2 Å². The minimum atomic E-state index is -1.03. The van der Waals surface area contributed by atoms with E-state index in [0.29, 0.717) is 44.9 Å². The predicted molar refractivity (Wildman–Crippen MR) is 162 cm³/mol. The van der Waals surface area contributed by atoms with E-state index in [-0.39, 0.29) is 11.5 Å². The van der Waals surface area contributed by atoms with E-state index in [4.69, 9.17) is 9.47 Å². The number of thioether (sulfide) groups is 1. The number of likely N-dealkylation sites (N-methyl/N-ethyl adjacent to an activating group) is 1. The molecule has 4 aromatic carbocycles. The van der Waals surface area contributed by atoms with E-state index in [9.17, 15) is 14.7 Å². The lowest BCUT2D eigenvalue weighted by atomic mass is 10.1. The Hall–Kier alpha value is -4.08. The Morgan fingerprint density at radius 2 is 1.85 bits per heavy atom. The van der Waals surface area contributed by atoms with Crippen molar-refractivity contribution in [2.24, 2.45) is 4.99 Å². The Morgan fingerprint density at radius 3 is 2.62 bits per heavy atom. The molecule has 1 aliphatic rings.